The van der Waals surface area contributed by atoms with E-state index in [4.69, 9.17) is 4.74 Å². The van der Waals surface area contributed by atoms with Crippen molar-refractivity contribution in [3.05, 3.63) is 59.7 Å². The van der Waals surface area contributed by atoms with Crippen molar-refractivity contribution in [2.45, 2.75) is 30.7 Å². The van der Waals surface area contributed by atoms with Crippen LogP contribution in [-0.2, 0) is 4.79 Å². The van der Waals surface area contributed by atoms with E-state index >= 15 is 0 Å². The minimum absolute atomic E-state index is 0.130. The number of anilines is 1. The molecule has 140 valence electrons. The Bertz CT molecular complexity index is 898. The Morgan fingerprint density at radius 2 is 1.93 bits per heavy atom. The number of nitrogens with one attached hydrogen (secondary N) is 1. The molecule has 0 aliphatic carbocycles. The molecule has 0 saturated carbocycles. The predicted molar refractivity (Wildman–Crippen MR) is 97.3 cm³/mol. The van der Waals surface area contributed by atoms with Gasteiger partial charge in [0.05, 0.1) is 12.8 Å². The third kappa shape index (κ3) is 2.67. The van der Waals surface area contributed by atoms with Crippen LogP contribution in [0.4, 0.5) is 5.69 Å². The predicted octanol–water partition coefficient (Wildman–Crippen LogP) is 1.36. The Kier molecular flexibility index (Phi) is 4.13. The van der Waals surface area contributed by atoms with Crippen LogP contribution < -0.4 is 15.0 Å². The van der Waals surface area contributed by atoms with Gasteiger partial charge < -0.3 is 20.3 Å². The molecule has 7 nitrogen and oxygen atoms in total. The molecule has 1 saturated heterocycles. The number of nitrogens with zero attached hydrogens (tertiary/aromatic N) is 1. The molecule has 2 aromatic rings. The summed E-state index contributed by atoms with van der Waals surface area (Å²) in [4.78, 5) is 26.4. The van der Waals surface area contributed by atoms with Crippen LogP contribution in [0.5, 0.6) is 5.75 Å². The summed E-state index contributed by atoms with van der Waals surface area (Å²) in [6.45, 7) is 0. The number of aliphatic hydroxyl groups is 2. The van der Waals surface area contributed by atoms with E-state index < -0.39 is 23.8 Å². The lowest BCUT2D eigenvalue weighted by atomic mass is 9.85. The molecule has 2 aliphatic rings. The zero-order chi connectivity index (χ0) is 19.2. The quantitative estimate of drug-likeness (QED) is 0.760. The zero-order valence-electron chi connectivity index (χ0n) is 14.8. The number of carbonyl (C=O) groups excluding carboxylic acids is 2. The summed E-state index contributed by atoms with van der Waals surface area (Å²) in [6.07, 6.45) is -0.868. The number of ether oxygens (including phenoxy) is 1. The highest BCUT2D eigenvalue weighted by Gasteiger charge is 2.57. The number of amides is 2. The number of methoxy groups -OCH3 is 1. The maximum atomic E-state index is 12.7. The summed E-state index contributed by atoms with van der Waals surface area (Å²) in [7, 11) is 1.53. The smallest absolute Gasteiger partial charge is 0.251 e. The molecule has 2 heterocycles. The minimum Gasteiger partial charge on any atom is -0.497 e. The number of para-hydroxylation sites is 1. The molecule has 0 bridgehead atoms. The van der Waals surface area contributed by atoms with E-state index in [1.165, 1.54) is 12.0 Å². The van der Waals surface area contributed by atoms with Crippen molar-refractivity contribution in [1.82, 2.24) is 5.32 Å². The molecule has 2 amide bonds. The van der Waals surface area contributed by atoms with Crippen molar-refractivity contribution in [2.75, 3.05) is 12.0 Å². The Balaban J connectivity index is 1.69. The van der Waals surface area contributed by atoms with Crippen LogP contribution in [-0.4, -0.2) is 40.9 Å². The molecule has 0 aromatic heterocycles. The molecular formula is C20H20N2O5. The van der Waals surface area contributed by atoms with Gasteiger partial charge in [0.2, 0.25) is 5.91 Å². The van der Waals surface area contributed by atoms with Crippen LogP contribution in [0.2, 0.25) is 0 Å². The largest absolute Gasteiger partial charge is 0.497 e. The van der Waals surface area contributed by atoms with Gasteiger partial charge in [-0.2, -0.15) is 0 Å². The third-order valence-corrected chi connectivity index (χ3v) is 5.29. The van der Waals surface area contributed by atoms with Gasteiger partial charge in [-0.05, 0) is 30.3 Å². The summed E-state index contributed by atoms with van der Waals surface area (Å²) in [6, 6.07) is 12.3. The fourth-order valence-corrected chi connectivity index (χ4v) is 3.90. The highest BCUT2D eigenvalue weighted by molar-refractivity contribution is 6.00. The van der Waals surface area contributed by atoms with E-state index in [1.807, 2.05) is 0 Å². The molecular weight excluding hydrogens is 348 g/mol. The van der Waals surface area contributed by atoms with Crippen molar-refractivity contribution in [3.8, 4) is 5.75 Å². The van der Waals surface area contributed by atoms with Gasteiger partial charge in [0.1, 0.15) is 17.9 Å². The Morgan fingerprint density at radius 3 is 2.63 bits per heavy atom. The standard InChI is InChI=1S/C20H20N2O5/c1-27-13-8-6-12(7-9-13)19(25)21-18-17(24)14-4-2-3-5-15(14)22-16(23)10-11-20(18,22)26/h2-9,17-18,24,26H,10-11H2,1H3,(H,21,25). The van der Waals surface area contributed by atoms with Crippen LogP contribution in [0.15, 0.2) is 48.5 Å². The van der Waals surface area contributed by atoms with Crippen LogP contribution >= 0.6 is 0 Å². The maximum Gasteiger partial charge on any atom is 0.251 e. The Labute approximate surface area is 156 Å². The second-order valence-electron chi connectivity index (χ2n) is 6.79. The molecule has 27 heavy (non-hydrogen) atoms. The normalized spacial score (nSPS) is 26.3. The molecule has 1 fully saturated rings. The number of carbonyl (C=O) groups is 2. The average Bonchev–Trinajstić information content (AvgIpc) is 3.00. The van der Waals surface area contributed by atoms with Crippen molar-refractivity contribution in [1.29, 1.82) is 0 Å². The van der Waals surface area contributed by atoms with Gasteiger partial charge in [-0.25, -0.2) is 0 Å². The summed E-state index contributed by atoms with van der Waals surface area (Å²) >= 11 is 0. The van der Waals surface area contributed by atoms with Gasteiger partial charge in [0, 0.05) is 24.0 Å². The average molecular weight is 368 g/mol. The molecule has 0 radical (unpaired) electrons. The first-order valence-corrected chi connectivity index (χ1v) is 8.73. The van der Waals surface area contributed by atoms with Crippen molar-refractivity contribution < 1.29 is 24.5 Å². The second kappa shape index (κ2) is 6.37. The Hall–Kier alpha value is -2.90. The molecule has 3 unspecified atom stereocenters. The van der Waals surface area contributed by atoms with Crippen LogP contribution in [0.1, 0.15) is 34.9 Å². The van der Waals surface area contributed by atoms with Gasteiger partial charge in [-0.15, -0.1) is 0 Å². The second-order valence-corrected chi connectivity index (χ2v) is 6.79. The monoisotopic (exact) mass is 368 g/mol. The third-order valence-electron chi connectivity index (χ3n) is 5.29. The lowest BCUT2D eigenvalue weighted by Gasteiger charge is -2.47. The summed E-state index contributed by atoms with van der Waals surface area (Å²) in [5.41, 5.74) is -0.337. The van der Waals surface area contributed by atoms with E-state index in [-0.39, 0.29) is 18.7 Å². The first-order chi connectivity index (χ1) is 13.0. The lowest BCUT2D eigenvalue weighted by molar-refractivity contribution is -0.120. The van der Waals surface area contributed by atoms with E-state index in [1.54, 1.807) is 48.5 Å². The molecule has 2 aromatic carbocycles. The fourth-order valence-electron chi connectivity index (χ4n) is 3.90. The molecule has 7 heteroatoms. The molecule has 0 spiro atoms. The number of fused-ring (bicyclic) bond motifs is 3. The van der Waals surface area contributed by atoms with Crippen LogP contribution in [0.3, 0.4) is 0 Å². The highest BCUT2D eigenvalue weighted by atomic mass is 16.5. The molecule has 3 atom stereocenters. The summed E-state index contributed by atoms with van der Waals surface area (Å²) in [5.74, 6) is -0.0706. The number of hydrogen-bond donors (Lipinski definition) is 3. The van der Waals surface area contributed by atoms with E-state index in [2.05, 4.69) is 5.32 Å². The summed E-state index contributed by atoms with van der Waals surface area (Å²) < 4.78 is 5.08. The van der Waals surface area contributed by atoms with Gasteiger partial charge in [-0.1, -0.05) is 18.2 Å². The van der Waals surface area contributed by atoms with E-state index in [0.29, 0.717) is 22.6 Å². The SMILES string of the molecule is COc1ccc(C(=O)NC2C(O)c3ccccc3N3C(=O)CCC23O)cc1. The fraction of sp³-hybridized carbons (Fsp3) is 0.300. The molecule has 4 rings (SSSR count). The van der Waals surface area contributed by atoms with Gasteiger partial charge in [-0.3, -0.25) is 14.5 Å². The number of rotatable bonds is 3. The number of benzene rings is 2. The minimum atomic E-state index is -1.67. The van der Waals surface area contributed by atoms with Crippen molar-refractivity contribution >= 4 is 17.5 Å². The highest BCUT2D eigenvalue weighted by Crippen LogP contribution is 2.47. The Morgan fingerprint density at radius 1 is 1.22 bits per heavy atom. The van der Waals surface area contributed by atoms with Gasteiger partial charge in [0.15, 0.2) is 5.72 Å². The topological polar surface area (TPSA) is 99.1 Å². The summed E-state index contributed by atoms with van der Waals surface area (Å²) in [5, 5.41) is 24.8. The first-order valence-electron chi connectivity index (χ1n) is 8.73. The number of hydrogen-bond acceptors (Lipinski definition) is 5. The number of aliphatic hydroxyl groups excluding tert-OH is 1. The van der Waals surface area contributed by atoms with Crippen molar-refractivity contribution in [3.63, 3.8) is 0 Å². The van der Waals surface area contributed by atoms with Crippen molar-refractivity contribution in [2.24, 2.45) is 0 Å². The zero-order valence-corrected chi connectivity index (χ0v) is 14.8. The van der Waals surface area contributed by atoms with Crippen LogP contribution in [0, 0.1) is 0 Å². The molecule has 2 aliphatic heterocycles. The first kappa shape index (κ1) is 17.5. The lowest BCUT2D eigenvalue weighted by Crippen LogP contribution is -2.65. The molecule has 3 N–H and O–H groups in total. The van der Waals surface area contributed by atoms with E-state index in [0.717, 1.165) is 0 Å². The van der Waals surface area contributed by atoms with Gasteiger partial charge in [0.25, 0.3) is 5.91 Å². The maximum absolute atomic E-state index is 12.7. The van der Waals surface area contributed by atoms with Crippen LogP contribution in [0.25, 0.3) is 0 Å². The van der Waals surface area contributed by atoms with E-state index in [9.17, 15) is 19.8 Å². The van der Waals surface area contributed by atoms with Gasteiger partial charge >= 0.3 is 0 Å².